The molecule has 1 nitrogen and oxygen atoms in total. The highest BCUT2D eigenvalue weighted by atomic mass is 79.9. The number of anilines is 1. The van der Waals surface area contributed by atoms with Crippen LogP contribution in [0.25, 0.3) is 0 Å². The summed E-state index contributed by atoms with van der Waals surface area (Å²) in [5, 5.41) is 0. The highest BCUT2D eigenvalue weighted by Gasteiger charge is 2.09. The van der Waals surface area contributed by atoms with Gasteiger partial charge in [-0.15, -0.1) is 0 Å². The number of benzene rings is 2. The van der Waals surface area contributed by atoms with E-state index in [1.54, 1.807) is 6.07 Å². The van der Waals surface area contributed by atoms with Crippen LogP contribution >= 0.6 is 15.9 Å². The van der Waals surface area contributed by atoms with Gasteiger partial charge < -0.3 is 4.90 Å². The van der Waals surface area contributed by atoms with Gasteiger partial charge in [0.05, 0.1) is 4.47 Å². The molecule has 3 heteroatoms. The molecule has 0 aliphatic heterocycles. The minimum absolute atomic E-state index is 0.217. The third kappa shape index (κ3) is 2.72. The lowest BCUT2D eigenvalue weighted by molar-refractivity contribution is 0.617. The van der Waals surface area contributed by atoms with E-state index in [4.69, 9.17) is 0 Å². The predicted octanol–water partition coefficient (Wildman–Crippen LogP) is 4.53. The summed E-state index contributed by atoms with van der Waals surface area (Å²) in [5.74, 6) is -0.217. The Hall–Kier alpha value is -1.35. The zero-order valence-corrected chi connectivity index (χ0v) is 12.0. The Morgan fingerprint density at radius 3 is 2.56 bits per heavy atom. The van der Waals surface area contributed by atoms with Gasteiger partial charge in [0.25, 0.3) is 0 Å². The van der Waals surface area contributed by atoms with Crippen LogP contribution in [0.1, 0.15) is 11.1 Å². The fourth-order valence-corrected chi connectivity index (χ4v) is 2.39. The second-order valence-electron chi connectivity index (χ2n) is 4.36. The number of halogens is 2. The summed E-state index contributed by atoms with van der Waals surface area (Å²) < 4.78 is 14.0. The van der Waals surface area contributed by atoms with Crippen molar-refractivity contribution >= 4 is 21.6 Å². The molecule has 2 rings (SSSR count). The summed E-state index contributed by atoms with van der Waals surface area (Å²) in [6.45, 7) is 2.75. The van der Waals surface area contributed by atoms with E-state index in [1.165, 1.54) is 11.6 Å². The molecular weight excluding hydrogens is 293 g/mol. The lowest BCUT2D eigenvalue weighted by Gasteiger charge is -2.22. The zero-order valence-electron chi connectivity index (χ0n) is 10.5. The summed E-state index contributed by atoms with van der Waals surface area (Å²) in [6.07, 6.45) is 0. The van der Waals surface area contributed by atoms with Crippen LogP contribution in [0.15, 0.2) is 46.9 Å². The predicted molar refractivity (Wildman–Crippen MR) is 77.4 cm³/mol. The van der Waals surface area contributed by atoms with Crippen molar-refractivity contribution in [3.8, 4) is 0 Å². The summed E-state index contributed by atoms with van der Waals surface area (Å²) in [5.41, 5.74) is 3.32. The lowest BCUT2D eigenvalue weighted by atomic mass is 10.1. The second-order valence-corrected chi connectivity index (χ2v) is 5.15. The molecule has 0 heterocycles. The van der Waals surface area contributed by atoms with Gasteiger partial charge in [-0.05, 0) is 46.1 Å². The molecule has 0 bridgehead atoms. The number of nitrogens with zero attached hydrogens (tertiary/aromatic N) is 1. The maximum absolute atomic E-state index is 13.4. The molecule has 0 amide bonds. The first-order valence-corrected chi connectivity index (χ1v) is 6.58. The topological polar surface area (TPSA) is 3.24 Å². The van der Waals surface area contributed by atoms with Crippen LogP contribution in [0, 0.1) is 12.7 Å². The summed E-state index contributed by atoms with van der Waals surface area (Å²) in [6, 6.07) is 13.3. The van der Waals surface area contributed by atoms with Gasteiger partial charge in [0.1, 0.15) is 5.82 Å². The molecule has 0 spiro atoms. The van der Waals surface area contributed by atoms with E-state index in [0.29, 0.717) is 11.0 Å². The van der Waals surface area contributed by atoms with Crippen molar-refractivity contribution in [1.29, 1.82) is 0 Å². The van der Waals surface area contributed by atoms with E-state index >= 15 is 0 Å². The van der Waals surface area contributed by atoms with Crippen molar-refractivity contribution in [1.82, 2.24) is 0 Å². The Balaban J connectivity index is 2.24. The first kappa shape index (κ1) is 13.1. The Bertz CT molecular complexity index is 554. The van der Waals surface area contributed by atoms with Crippen LogP contribution in [0.4, 0.5) is 10.1 Å². The normalized spacial score (nSPS) is 10.4. The fraction of sp³-hybridized carbons (Fsp3) is 0.200. The van der Waals surface area contributed by atoms with E-state index < -0.39 is 0 Å². The standard InChI is InChI=1S/C15H15BrFN/c1-11-6-3-4-9-14(11)18(2)10-12-7-5-8-13(17)15(12)16/h3-9H,10H2,1-2H3. The third-order valence-corrected chi connectivity index (χ3v) is 3.85. The second kappa shape index (κ2) is 5.53. The number of rotatable bonds is 3. The highest BCUT2D eigenvalue weighted by molar-refractivity contribution is 9.10. The third-order valence-electron chi connectivity index (χ3n) is 2.97. The molecule has 94 valence electrons. The number of hydrogen-bond donors (Lipinski definition) is 0. The zero-order chi connectivity index (χ0) is 13.1. The van der Waals surface area contributed by atoms with E-state index in [9.17, 15) is 4.39 Å². The minimum atomic E-state index is -0.217. The van der Waals surface area contributed by atoms with Gasteiger partial charge in [-0.3, -0.25) is 0 Å². The molecule has 2 aromatic rings. The van der Waals surface area contributed by atoms with Crippen LogP contribution in [0.5, 0.6) is 0 Å². The largest absolute Gasteiger partial charge is 0.370 e. The van der Waals surface area contributed by atoms with E-state index in [1.807, 2.05) is 25.2 Å². The van der Waals surface area contributed by atoms with Crippen molar-refractivity contribution in [2.24, 2.45) is 0 Å². The summed E-state index contributed by atoms with van der Waals surface area (Å²) >= 11 is 3.30. The monoisotopic (exact) mass is 307 g/mol. The van der Waals surface area contributed by atoms with Gasteiger partial charge in [0.2, 0.25) is 0 Å². The van der Waals surface area contributed by atoms with Gasteiger partial charge in [-0.2, -0.15) is 0 Å². The average molecular weight is 308 g/mol. The van der Waals surface area contributed by atoms with Crippen LogP contribution < -0.4 is 4.90 Å². The van der Waals surface area contributed by atoms with Gasteiger partial charge in [0.15, 0.2) is 0 Å². The molecule has 0 saturated carbocycles. The van der Waals surface area contributed by atoms with Crippen molar-refractivity contribution in [2.45, 2.75) is 13.5 Å². The molecular formula is C15H15BrFN. The smallest absolute Gasteiger partial charge is 0.137 e. The molecule has 0 aliphatic carbocycles. The van der Waals surface area contributed by atoms with E-state index in [-0.39, 0.29) is 5.82 Å². The summed E-state index contributed by atoms with van der Waals surface area (Å²) in [4.78, 5) is 2.12. The maximum Gasteiger partial charge on any atom is 0.137 e. The minimum Gasteiger partial charge on any atom is -0.370 e. The first-order chi connectivity index (χ1) is 8.59. The van der Waals surface area contributed by atoms with Crippen LogP contribution in [-0.4, -0.2) is 7.05 Å². The van der Waals surface area contributed by atoms with Crippen LogP contribution in [0.2, 0.25) is 0 Å². The van der Waals surface area contributed by atoms with Crippen molar-refractivity contribution in [2.75, 3.05) is 11.9 Å². The Kier molecular flexibility index (Phi) is 4.02. The molecule has 0 N–H and O–H groups in total. The molecule has 0 saturated heterocycles. The maximum atomic E-state index is 13.4. The van der Waals surface area contributed by atoms with Crippen molar-refractivity contribution in [3.05, 3.63) is 63.9 Å². The van der Waals surface area contributed by atoms with E-state index in [0.717, 1.165) is 11.3 Å². The van der Waals surface area contributed by atoms with Crippen molar-refractivity contribution in [3.63, 3.8) is 0 Å². The van der Waals surface area contributed by atoms with Crippen LogP contribution in [0.3, 0.4) is 0 Å². The van der Waals surface area contributed by atoms with Crippen LogP contribution in [-0.2, 0) is 6.54 Å². The molecule has 0 radical (unpaired) electrons. The fourth-order valence-electron chi connectivity index (χ4n) is 2.00. The Morgan fingerprint density at radius 1 is 1.11 bits per heavy atom. The molecule has 2 aromatic carbocycles. The molecule has 0 fully saturated rings. The number of para-hydroxylation sites is 1. The number of aryl methyl sites for hydroxylation is 1. The van der Waals surface area contributed by atoms with Gasteiger partial charge >= 0.3 is 0 Å². The molecule has 0 aliphatic rings. The van der Waals surface area contributed by atoms with Crippen molar-refractivity contribution < 1.29 is 4.39 Å². The van der Waals surface area contributed by atoms with Gasteiger partial charge in [-0.25, -0.2) is 4.39 Å². The quantitative estimate of drug-likeness (QED) is 0.805. The average Bonchev–Trinajstić information content (AvgIpc) is 2.35. The van der Waals surface area contributed by atoms with Gasteiger partial charge in [-0.1, -0.05) is 30.3 Å². The Morgan fingerprint density at radius 2 is 1.83 bits per heavy atom. The first-order valence-electron chi connectivity index (χ1n) is 5.79. The molecule has 0 atom stereocenters. The van der Waals surface area contributed by atoms with Gasteiger partial charge in [0, 0.05) is 19.3 Å². The highest BCUT2D eigenvalue weighted by Crippen LogP contribution is 2.25. The molecule has 0 aromatic heterocycles. The lowest BCUT2D eigenvalue weighted by Crippen LogP contribution is -2.17. The SMILES string of the molecule is Cc1ccccc1N(C)Cc1cccc(F)c1Br. The van der Waals surface area contributed by atoms with E-state index in [2.05, 4.69) is 39.9 Å². The summed E-state index contributed by atoms with van der Waals surface area (Å²) in [7, 11) is 2.01. The molecule has 0 unspecified atom stereocenters. The number of hydrogen-bond acceptors (Lipinski definition) is 1. The molecule has 18 heavy (non-hydrogen) atoms. The Labute approximate surface area is 115 Å².